The number of fused-ring (bicyclic) bond motifs is 2. The van der Waals surface area contributed by atoms with Gasteiger partial charge in [0, 0.05) is 43.3 Å². The van der Waals surface area contributed by atoms with Gasteiger partial charge in [-0.1, -0.05) is 11.6 Å². The normalized spacial score (nSPS) is 19.9. The molecule has 4 N–H and O–H groups in total. The number of carbonyl (C=O) groups is 1. The fourth-order valence-electron chi connectivity index (χ4n) is 4.83. The third-order valence-corrected chi connectivity index (χ3v) is 6.94. The topological polar surface area (TPSA) is 128 Å². The van der Waals surface area contributed by atoms with Gasteiger partial charge in [0.25, 0.3) is 0 Å². The van der Waals surface area contributed by atoms with Gasteiger partial charge in [0.15, 0.2) is 5.65 Å². The maximum atomic E-state index is 15.3. The number of hydrogen-bond donors (Lipinski definition) is 2. The zero-order valence-electron chi connectivity index (χ0n) is 19.1. The summed E-state index contributed by atoms with van der Waals surface area (Å²) in [4.78, 5) is 23.5. The van der Waals surface area contributed by atoms with Crippen LogP contribution in [0.5, 0.6) is 5.75 Å². The molecule has 2 amide bonds. The second-order valence-corrected chi connectivity index (χ2v) is 9.39. The number of anilines is 1. The molecule has 12 heteroatoms. The van der Waals surface area contributed by atoms with Crippen molar-refractivity contribution in [3.05, 3.63) is 40.1 Å². The molecule has 0 aliphatic carbocycles. The summed E-state index contributed by atoms with van der Waals surface area (Å²) < 4.78 is 23.4. The molecule has 2 aliphatic rings. The summed E-state index contributed by atoms with van der Waals surface area (Å²) in [5.41, 5.74) is 13.8. The highest BCUT2D eigenvalue weighted by molar-refractivity contribution is 6.31. The first-order valence-corrected chi connectivity index (χ1v) is 11.4. The Bertz CT molecular complexity index is 1290. The Morgan fingerprint density at radius 1 is 1.32 bits per heavy atom. The van der Waals surface area contributed by atoms with Crippen LogP contribution in [-0.2, 0) is 6.54 Å². The largest absolute Gasteiger partial charge is 0.489 e. The van der Waals surface area contributed by atoms with Crippen molar-refractivity contribution in [1.29, 1.82) is 0 Å². The number of likely N-dealkylation sites (tertiary alicyclic amines) is 1. The molecule has 180 valence electrons. The van der Waals surface area contributed by atoms with Crippen LogP contribution in [0.25, 0.3) is 11.0 Å². The number of nitrogens with zero attached hydrogens (tertiary/aromatic N) is 6. The first kappa shape index (κ1) is 22.6. The van der Waals surface area contributed by atoms with Crippen LogP contribution in [0.15, 0.2) is 12.4 Å². The number of benzene rings is 1. The summed E-state index contributed by atoms with van der Waals surface area (Å²) in [6, 6.07) is 0.840. The molecular formula is C22H26ClFN8O2. The summed E-state index contributed by atoms with van der Waals surface area (Å²) in [7, 11) is 0. The standard InChI is InChI=1S/C22H26ClFN8O2/c1-10-5-30(13-6-31(7-13)22(26)33)8-15-18(24)16(23)4-14(19(15)34-10)12(3)32-21-17(11(2)29-32)20(25)27-9-28-21/h4,9-10,12-13H,5-8H2,1-3H3,(H2,26,33)(H2,25,27,28)/t10?,12-/m0/s1. The van der Waals surface area contributed by atoms with Crippen molar-refractivity contribution in [1.82, 2.24) is 29.5 Å². The van der Waals surface area contributed by atoms with Gasteiger partial charge in [-0.15, -0.1) is 0 Å². The maximum absolute atomic E-state index is 15.3. The van der Waals surface area contributed by atoms with Gasteiger partial charge in [-0.2, -0.15) is 5.10 Å². The van der Waals surface area contributed by atoms with Crippen molar-refractivity contribution in [2.24, 2.45) is 5.73 Å². The van der Waals surface area contributed by atoms with Gasteiger partial charge in [0.2, 0.25) is 0 Å². The Balaban J connectivity index is 1.56. The number of primary amides is 1. The number of aromatic nitrogens is 4. The van der Waals surface area contributed by atoms with Crippen LogP contribution in [0.2, 0.25) is 5.02 Å². The van der Waals surface area contributed by atoms with Crippen LogP contribution in [0.3, 0.4) is 0 Å². The number of carbonyl (C=O) groups excluding carboxylic acids is 1. The molecule has 0 spiro atoms. The lowest BCUT2D eigenvalue weighted by atomic mass is 10.0. The molecule has 3 aromatic rings. The summed E-state index contributed by atoms with van der Waals surface area (Å²) >= 11 is 6.37. The molecule has 5 rings (SSSR count). The number of urea groups is 1. The van der Waals surface area contributed by atoms with Gasteiger partial charge in [-0.25, -0.2) is 23.8 Å². The van der Waals surface area contributed by atoms with E-state index >= 15 is 4.39 Å². The van der Waals surface area contributed by atoms with E-state index in [0.717, 1.165) is 0 Å². The number of nitrogens with two attached hydrogens (primary N) is 2. The minimum atomic E-state index is -0.508. The summed E-state index contributed by atoms with van der Waals surface area (Å²) in [6.45, 7) is 7.59. The molecule has 2 atom stereocenters. The maximum Gasteiger partial charge on any atom is 0.314 e. The summed E-state index contributed by atoms with van der Waals surface area (Å²) in [5.74, 6) is 0.299. The Kier molecular flexibility index (Phi) is 5.48. The lowest BCUT2D eigenvalue weighted by Crippen LogP contribution is -2.62. The van der Waals surface area contributed by atoms with Crippen molar-refractivity contribution in [2.75, 3.05) is 25.4 Å². The van der Waals surface area contributed by atoms with E-state index < -0.39 is 11.8 Å². The first-order valence-electron chi connectivity index (χ1n) is 11.1. The van der Waals surface area contributed by atoms with Crippen LogP contribution >= 0.6 is 11.6 Å². The number of aryl methyl sites for hydroxylation is 1. The molecule has 1 fully saturated rings. The van der Waals surface area contributed by atoms with E-state index in [4.69, 9.17) is 27.8 Å². The van der Waals surface area contributed by atoms with E-state index in [-0.39, 0.29) is 23.2 Å². The van der Waals surface area contributed by atoms with Crippen molar-refractivity contribution in [3.8, 4) is 5.75 Å². The van der Waals surface area contributed by atoms with E-state index in [1.54, 1.807) is 15.6 Å². The van der Waals surface area contributed by atoms with Crippen molar-refractivity contribution in [3.63, 3.8) is 0 Å². The second kappa shape index (κ2) is 8.24. The smallest absolute Gasteiger partial charge is 0.314 e. The predicted octanol–water partition coefficient (Wildman–Crippen LogP) is 2.46. The molecule has 2 aliphatic heterocycles. The fraction of sp³-hybridized carbons (Fsp3) is 0.455. The highest BCUT2D eigenvalue weighted by Gasteiger charge is 2.38. The third-order valence-electron chi connectivity index (χ3n) is 6.67. The zero-order valence-corrected chi connectivity index (χ0v) is 19.9. The quantitative estimate of drug-likeness (QED) is 0.579. The highest BCUT2D eigenvalue weighted by atomic mass is 35.5. The molecule has 10 nitrogen and oxygen atoms in total. The van der Waals surface area contributed by atoms with Gasteiger partial charge < -0.3 is 21.1 Å². The van der Waals surface area contributed by atoms with Crippen molar-refractivity contribution in [2.45, 2.75) is 45.5 Å². The number of amides is 2. The lowest BCUT2D eigenvalue weighted by Gasteiger charge is -2.44. The lowest BCUT2D eigenvalue weighted by molar-refractivity contribution is 0.0386. The van der Waals surface area contributed by atoms with Gasteiger partial charge in [-0.3, -0.25) is 4.90 Å². The molecule has 4 heterocycles. The van der Waals surface area contributed by atoms with Crippen LogP contribution < -0.4 is 16.2 Å². The molecule has 0 bridgehead atoms. The number of halogens is 2. The van der Waals surface area contributed by atoms with Crippen LogP contribution in [0.4, 0.5) is 15.0 Å². The summed E-state index contributed by atoms with van der Waals surface area (Å²) in [6.07, 6.45) is 1.18. The van der Waals surface area contributed by atoms with E-state index in [0.29, 0.717) is 65.6 Å². The Labute approximate surface area is 200 Å². The van der Waals surface area contributed by atoms with Gasteiger partial charge in [0.05, 0.1) is 22.1 Å². The number of rotatable bonds is 3. The van der Waals surface area contributed by atoms with Crippen LogP contribution in [-0.4, -0.2) is 67.4 Å². The van der Waals surface area contributed by atoms with Crippen LogP contribution in [0, 0.1) is 12.7 Å². The monoisotopic (exact) mass is 488 g/mol. The molecule has 34 heavy (non-hydrogen) atoms. The van der Waals surface area contributed by atoms with Gasteiger partial charge >= 0.3 is 6.03 Å². The minimum Gasteiger partial charge on any atom is -0.489 e. The third kappa shape index (κ3) is 3.59. The zero-order chi connectivity index (χ0) is 24.3. The minimum absolute atomic E-state index is 0.00778. The first-order chi connectivity index (χ1) is 16.2. The van der Waals surface area contributed by atoms with E-state index in [9.17, 15) is 4.79 Å². The van der Waals surface area contributed by atoms with Crippen molar-refractivity contribution >= 4 is 34.5 Å². The Morgan fingerprint density at radius 3 is 2.76 bits per heavy atom. The second-order valence-electron chi connectivity index (χ2n) is 8.99. The van der Waals surface area contributed by atoms with Gasteiger partial charge in [-0.05, 0) is 26.8 Å². The number of nitrogen functional groups attached to an aromatic ring is 1. The molecular weight excluding hydrogens is 463 g/mol. The van der Waals surface area contributed by atoms with E-state index in [2.05, 4.69) is 20.0 Å². The average molecular weight is 489 g/mol. The van der Waals surface area contributed by atoms with Gasteiger partial charge in [0.1, 0.15) is 29.8 Å². The predicted molar refractivity (Wildman–Crippen MR) is 125 cm³/mol. The molecule has 2 aromatic heterocycles. The average Bonchev–Trinajstić information content (AvgIpc) is 2.98. The Morgan fingerprint density at radius 2 is 2.06 bits per heavy atom. The molecule has 0 saturated carbocycles. The van der Waals surface area contributed by atoms with E-state index in [1.807, 2.05) is 20.8 Å². The molecule has 1 unspecified atom stereocenters. The van der Waals surface area contributed by atoms with Crippen LogP contribution in [0.1, 0.15) is 36.7 Å². The van der Waals surface area contributed by atoms with E-state index in [1.165, 1.54) is 6.33 Å². The molecule has 1 saturated heterocycles. The SMILES string of the molecule is Cc1nn([C@@H](C)c2cc(Cl)c(F)c3c2OC(C)CN(C2CN(C(N)=O)C2)C3)c2ncnc(N)c12. The molecule has 0 radical (unpaired) electrons. The number of ether oxygens (including phenoxy) is 1. The molecule has 1 aromatic carbocycles. The Hall–Kier alpha value is -3.18. The highest BCUT2D eigenvalue weighted by Crippen LogP contribution is 2.41. The summed E-state index contributed by atoms with van der Waals surface area (Å²) in [5, 5.41) is 5.33. The fourth-order valence-corrected chi connectivity index (χ4v) is 5.06. The number of hydrogen-bond acceptors (Lipinski definition) is 7. The van der Waals surface area contributed by atoms with Crippen molar-refractivity contribution < 1.29 is 13.9 Å².